The molecule has 5 nitrogen and oxygen atoms in total. The zero-order chi connectivity index (χ0) is 15.2. The topological polar surface area (TPSA) is 58.5 Å². The third kappa shape index (κ3) is 6.41. The van der Waals surface area contributed by atoms with Crippen LogP contribution in [0, 0.1) is 0 Å². The van der Waals surface area contributed by atoms with E-state index in [-0.39, 0.29) is 11.6 Å². The van der Waals surface area contributed by atoms with Crippen LogP contribution in [0.5, 0.6) is 5.88 Å². The summed E-state index contributed by atoms with van der Waals surface area (Å²) >= 11 is 0. The molecule has 1 heterocycles. The van der Waals surface area contributed by atoms with Crippen LogP contribution in [0.2, 0.25) is 0 Å². The Hall–Kier alpha value is -1.78. The van der Waals surface area contributed by atoms with Gasteiger partial charge in [-0.1, -0.05) is 6.07 Å². The molecule has 1 rings (SSSR count). The second-order valence-electron chi connectivity index (χ2n) is 5.97. The molecule has 0 amide bonds. The zero-order valence-electron chi connectivity index (χ0n) is 13.3. The smallest absolute Gasteiger partial charge is 0.213 e. The van der Waals surface area contributed by atoms with Crippen molar-refractivity contribution >= 4 is 5.96 Å². The molecule has 0 radical (unpaired) electrons. The Morgan fingerprint density at radius 1 is 1.35 bits per heavy atom. The molecular weight excluding hydrogens is 252 g/mol. The van der Waals surface area contributed by atoms with Crippen LogP contribution >= 0.6 is 0 Å². The van der Waals surface area contributed by atoms with Crippen LogP contribution in [0.4, 0.5) is 0 Å². The first-order valence-electron chi connectivity index (χ1n) is 6.90. The maximum Gasteiger partial charge on any atom is 0.213 e. The van der Waals surface area contributed by atoms with Crippen molar-refractivity contribution in [2.24, 2.45) is 4.99 Å². The molecule has 20 heavy (non-hydrogen) atoms. The van der Waals surface area contributed by atoms with E-state index >= 15 is 0 Å². The maximum atomic E-state index is 5.51. The molecule has 0 spiro atoms. The van der Waals surface area contributed by atoms with Gasteiger partial charge in [0, 0.05) is 31.4 Å². The Labute approximate surface area is 121 Å². The molecule has 2 N–H and O–H groups in total. The molecule has 0 saturated carbocycles. The fraction of sp³-hybridized carbons (Fsp3) is 0.600. The average molecular weight is 278 g/mol. The highest BCUT2D eigenvalue weighted by molar-refractivity contribution is 5.80. The first kappa shape index (κ1) is 16.3. The minimum atomic E-state index is -0.0188. The Morgan fingerprint density at radius 3 is 2.50 bits per heavy atom. The van der Waals surface area contributed by atoms with Crippen molar-refractivity contribution in [1.29, 1.82) is 0 Å². The number of aromatic nitrogens is 1. The van der Waals surface area contributed by atoms with Crippen LogP contribution in [0.25, 0.3) is 0 Å². The molecule has 5 heteroatoms. The minimum absolute atomic E-state index is 0.0188. The number of ether oxygens (including phenoxy) is 1. The van der Waals surface area contributed by atoms with Crippen molar-refractivity contribution in [2.75, 3.05) is 7.05 Å². The van der Waals surface area contributed by atoms with E-state index in [1.165, 1.54) is 0 Å². The molecule has 1 aromatic rings. The number of pyridine rings is 1. The lowest BCUT2D eigenvalue weighted by atomic mass is 10.1. The monoisotopic (exact) mass is 278 g/mol. The zero-order valence-corrected chi connectivity index (χ0v) is 13.3. The summed E-state index contributed by atoms with van der Waals surface area (Å²) in [6.07, 6.45) is 1.95. The van der Waals surface area contributed by atoms with Crippen LogP contribution < -0.4 is 15.4 Å². The van der Waals surface area contributed by atoms with Gasteiger partial charge in [-0.15, -0.1) is 0 Å². The second-order valence-corrected chi connectivity index (χ2v) is 5.97. The minimum Gasteiger partial charge on any atom is -0.475 e. The number of hydrogen-bond donors (Lipinski definition) is 2. The summed E-state index contributed by atoms with van der Waals surface area (Å²) in [4.78, 5) is 8.47. The first-order chi connectivity index (χ1) is 9.30. The molecule has 0 unspecified atom stereocenters. The molecule has 0 aliphatic heterocycles. The SMILES string of the molecule is CN=C(NCc1ccc(OC(C)C)nc1)NC(C)(C)C. The van der Waals surface area contributed by atoms with Crippen molar-refractivity contribution in [2.45, 2.75) is 52.8 Å². The van der Waals surface area contributed by atoms with Gasteiger partial charge in [-0.2, -0.15) is 0 Å². The summed E-state index contributed by atoms with van der Waals surface area (Å²) in [5.74, 6) is 1.43. The quantitative estimate of drug-likeness (QED) is 0.655. The molecule has 0 saturated heterocycles. The predicted molar refractivity (Wildman–Crippen MR) is 83.1 cm³/mol. The average Bonchev–Trinajstić information content (AvgIpc) is 2.34. The molecular formula is C15H26N4O. The van der Waals surface area contributed by atoms with Gasteiger partial charge < -0.3 is 15.4 Å². The lowest BCUT2D eigenvalue weighted by Crippen LogP contribution is -2.47. The summed E-state index contributed by atoms with van der Waals surface area (Å²) in [6, 6.07) is 3.89. The molecule has 0 aliphatic rings. The van der Waals surface area contributed by atoms with E-state index < -0.39 is 0 Å². The summed E-state index contributed by atoms with van der Waals surface area (Å²) in [6.45, 7) is 10.9. The number of guanidine groups is 1. The Morgan fingerprint density at radius 2 is 2.05 bits per heavy atom. The van der Waals surface area contributed by atoms with E-state index in [0.717, 1.165) is 11.5 Å². The van der Waals surface area contributed by atoms with Crippen molar-refractivity contribution in [3.05, 3.63) is 23.9 Å². The van der Waals surface area contributed by atoms with Gasteiger partial charge in [0.2, 0.25) is 5.88 Å². The van der Waals surface area contributed by atoms with E-state index in [2.05, 4.69) is 41.4 Å². The normalized spacial score (nSPS) is 12.4. The van der Waals surface area contributed by atoms with E-state index in [0.29, 0.717) is 12.4 Å². The number of rotatable bonds is 4. The lowest BCUT2D eigenvalue weighted by molar-refractivity contribution is 0.232. The van der Waals surface area contributed by atoms with Crippen LogP contribution in [-0.2, 0) is 6.54 Å². The fourth-order valence-corrected chi connectivity index (χ4v) is 1.55. The Bertz CT molecular complexity index is 432. The van der Waals surface area contributed by atoms with Crippen molar-refractivity contribution in [3.8, 4) is 5.88 Å². The van der Waals surface area contributed by atoms with Gasteiger partial charge >= 0.3 is 0 Å². The number of nitrogens with zero attached hydrogens (tertiary/aromatic N) is 2. The molecule has 0 bridgehead atoms. The molecule has 0 aliphatic carbocycles. The van der Waals surface area contributed by atoms with Gasteiger partial charge in [-0.3, -0.25) is 4.99 Å². The van der Waals surface area contributed by atoms with E-state index in [9.17, 15) is 0 Å². The maximum absolute atomic E-state index is 5.51. The highest BCUT2D eigenvalue weighted by Crippen LogP contribution is 2.09. The number of hydrogen-bond acceptors (Lipinski definition) is 3. The van der Waals surface area contributed by atoms with Crippen LogP contribution in [0.15, 0.2) is 23.3 Å². The highest BCUT2D eigenvalue weighted by Gasteiger charge is 2.11. The Balaban J connectivity index is 2.52. The van der Waals surface area contributed by atoms with Crippen LogP contribution in [0.3, 0.4) is 0 Å². The second kappa shape index (κ2) is 7.12. The van der Waals surface area contributed by atoms with Gasteiger partial charge in [-0.25, -0.2) is 4.98 Å². The van der Waals surface area contributed by atoms with Gasteiger partial charge in [0.25, 0.3) is 0 Å². The predicted octanol–water partition coefficient (Wildman–Crippen LogP) is 2.33. The highest BCUT2D eigenvalue weighted by atomic mass is 16.5. The number of aliphatic imine (C=N–C) groups is 1. The largest absolute Gasteiger partial charge is 0.475 e. The van der Waals surface area contributed by atoms with Gasteiger partial charge in [0.1, 0.15) is 0 Å². The third-order valence-corrected chi connectivity index (χ3v) is 2.33. The fourth-order valence-electron chi connectivity index (χ4n) is 1.55. The van der Waals surface area contributed by atoms with Crippen molar-refractivity contribution in [1.82, 2.24) is 15.6 Å². The van der Waals surface area contributed by atoms with E-state index in [4.69, 9.17) is 4.74 Å². The standard InChI is InChI=1S/C15H26N4O/c1-11(2)20-13-8-7-12(9-17-13)10-18-14(16-6)19-15(3,4)5/h7-9,11H,10H2,1-6H3,(H2,16,18,19). The molecule has 1 aromatic heterocycles. The van der Waals surface area contributed by atoms with Crippen LogP contribution in [-0.4, -0.2) is 29.6 Å². The van der Waals surface area contributed by atoms with Crippen LogP contribution in [0.1, 0.15) is 40.2 Å². The summed E-state index contributed by atoms with van der Waals surface area (Å²) in [7, 11) is 1.76. The summed E-state index contributed by atoms with van der Waals surface area (Å²) in [5.41, 5.74) is 1.06. The van der Waals surface area contributed by atoms with Gasteiger partial charge in [-0.05, 0) is 40.2 Å². The Kier molecular flexibility index (Phi) is 5.80. The molecule has 0 fully saturated rings. The first-order valence-corrected chi connectivity index (χ1v) is 6.90. The van der Waals surface area contributed by atoms with E-state index in [1.807, 2.05) is 32.2 Å². The van der Waals surface area contributed by atoms with E-state index in [1.54, 1.807) is 7.05 Å². The molecule has 112 valence electrons. The number of nitrogens with one attached hydrogen (secondary N) is 2. The molecule has 0 aromatic carbocycles. The summed E-state index contributed by atoms with van der Waals surface area (Å²) in [5, 5.41) is 6.57. The lowest BCUT2D eigenvalue weighted by Gasteiger charge is -2.23. The van der Waals surface area contributed by atoms with Gasteiger partial charge in [0.15, 0.2) is 5.96 Å². The molecule has 0 atom stereocenters. The third-order valence-electron chi connectivity index (χ3n) is 2.33. The van der Waals surface area contributed by atoms with Crippen molar-refractivity contribution in [3.63, 3.8) is 0 Å². The van der Waals surface area contributed by atoms with Gasteiger partial charge in [0.05, 0.1) is 6.10 Å². The summed E-state index contributed by atoms with van der Waals surface area (Å²) < 4.78 is 5.51. The van der Waals surface area contributed by atoms with Crippen molar-refractivity contribution < 1.29 is 4.74 Å².